The summed E-state index contributed by atoms with van der Waals surface area (Å²) in [5.41, 5.74) is -5.71. The van der Waals surface area contributed by atoms with Gasteiger partial charge in [0.05, 0.1) is 12.2 Å². The molecule has 6 N–H and O–H groups in total. The van der Waals surface area contributed by atoms with E-state index in [1.54, 1.807) is 0 Å². The van der Waals surface area contributed by atoms with Crippen molar-refractivity contribution >= 4 is 0 Å². The Morgan fingerprint density at radius 3 is 1.43 bits per heavy atom. The van der Waals surface area contributed by atoms with Crippen molar-refractivity contribution in [3.05, 3.63) is 0 Å². The SMILES string of the molecule is CCCCC(O)(CCCC)[C@](O)(CCCC)[C@@](O)(CCCC)[C@H](O)[C@@H](O)CO. The summed E-state index contributed by atoms with van der Waals surface area (Å²) in [6, 6.07) is 0. The number of hydrogen-bond acceptors (Lipinski definition) is 6. The second-order valence-corrected chi connectivity index (χ2v) is 8.43. The summed E-state index contributed by atoms with van der Waals surface area (Å²) in [6.45, 7) is 7.15. The molecule has 0 rings (SSSR count). The van der Waals surface area contributed by atoms with E-state index in [9.17, 15) is 30.6 Å². The van der Waals surface area contributed by atoms with Crippen LogP contribution in [0, 0.1) is 0 Å². The quantitative estimate of drug-likeness (QED) is 0.221. The molecule has 0 amide bonds. The topological polar surface area (TPSA) is 121 Å². The molecule has 0 unspecified atom stereocenters. The molecule has 0 bridgehead atoms. The highest BCUT2D eigenvalue weighted by Gasteiger charge is 2.63. The van der Waals surface area contributed by atoms with E-state index < -0.39 is 35.6 Å². The van der Waals surface area contributed by atoms with E-state index in [1.165, 1.54) is 0 Å². The van der Waals surface area contributed by atoms with Crippen LogP contribution in [0.2, 0.25) is 0 Å². The van der Waals surface area contributed by atoms with Gasteiger partial charge in [-0.25, -0.2) is 0 Å². The lowest BCUT2D eigenvalue weighted by Crippen LogP contribution is -2.73. The molecule has 0 saturated heterocycles. The van der Waals surface area contributed by atoms with Gasteiger partial charge in [0.1, 0.15) is 23.4 Å². The number of hydrogen-bond donors (Lipinski definition) is 6. The molecule has 0 aliphatic heterocycles. The molecule has 0 fully saturated rings. The van der Waals surface area contributed by atoms with E-state index >= 15 is 0 Å². The Morgan fingerprint density at radius 2 is 1.04 bits per heavy atom. The molecular weight excluding hydrogens is 360 g/mol. The third-order valence-corrected chi connectivity index (χ3v) is 6.22. The Morgan fingerprint density at radius 1 is 0.643 bits per heavy atom. The van der Waals surface area contributed by atoms with Crippen molar-refractivity contribution in [2.75, 3.05) is 6.61 Å². The van der Waals surface area contributed by atoms with Crippen molar-refractivity contribution in [2.45, 2.75) is 134 Å². The first kappa shape index (κ1) is 27.8. The van der Waals surface area contributed by atoms with E-state index in [-0.39, 0.29) is 12.8 Å². The van der Waals surface area contributed by atoms with Crippen molar-refractivity contribution in [1.82, 2.24) is 0 Å². The molecule has 6 nitrogen and oxygen atoms in total. The van der Waals surface area contributed by atoms with E-state index in [4.69, 9.17) is 0 Å². The lowest BCUT2D eigenvalue weighted by Gasteiger charge is -2.55. The zero-order chi connectivity index (χ0) is 21.8. The Bertz CT molecular complexity index is 396. The van der Waals surface area contributed by atoms with Gasteiger partial charge in [0, 0.05) is 0 Å². The van der Waals surface area contributed by atoms with Crippen molar-refractivity contribution in [1.29, 1.82) is 0 Å². The summed E-state index contributed by atoms with van der Waals surface area (Å²) in [4.78, 5) is 0. The Kier molecular flexibility index (Phi) is 13.0. The summed E-state index contributed by atoms with van der Waals surface area (Å²) in [7, 11) is 0. The van der Waals surface area contributed by atoms with Crippen LogP contribution in [0.4, 0.5) is 0 Å². The first-order valence-electron chi connectivity index (χ1n) is 11.3. The molecule has 0 radical (unpaired) electrons. The van der Waals surface area contributed by atoms with Crippen LogP contribution in [0.3, 0.4) is 0 Å². The number of unbranched alkanes of at least 4 members (excludes halogenated alkanes) is 4. The molecule has 170 valence electrons. The van der Waals surface area contributed by atoms with Crippen molar-refractivity contribution in [3.63, 3.8) is 0 Å². The molecule has 6 heteroatoms. The molecule has 0 aromatic heterocycles. The molecular formula is C22H46O6. The summed E-state index contributed by atoms with van der Waals surface area (Å²) >= 11 is 0. The van der Waals surface area contributed by atoms with Crippen molar-refractivity contribution < 1.29 is 30.6 Å². The van der Waals surface area contributed by atoms with Crippen LogP contribution in [-0.4, -0.2) is 66.3 Å². The number of aliphatic hydroxyl groups is 6. The molecule has 4 atom stereocenters. The molecule has 0 spiro atoms. The Balaban J connectivity index is 6.38. The second-order valence-electron chi connectivity index (χ2n) is 8.43. The van der Waals surface area contributed by atoms with Gasteiger partial charge in [0.2, 0.25) is 0 Å². The monoisotopic (exact) mass is 406 g/mol. The van der Waals surface area contributed by atoms with Gasteiger partial charge < -0.3 is 30.6 Å². The lowest BCUT2D eigenvalue weighted by molar-refractivity contribution is -0.295. The van der Waals surface area contributed by atoms with Crippen LogP contribution >= 0.6 is 0 Å². The summed E-state index contributed by atoms with van der Waals surface area (Å²) in [5.74, 6) is 0. The lowest BCUT2D eigenvalue weighted by atomic mass is 9.60. The van der Waals surface area contributed by atoms with Crippen LogP contribution < -0.4 is 0 Å². The minimum Gasteiger partial charge on any atom is -0.394 e. The number of rotatable bonds is 17. The van der Waals surface area contributed by atoms with Gasteiger partial charge in [0.15, 0.2) is 0 Å². The van der Waals surface area contributed by atoms with Gasteiger partial charge in [0.25, 0.3) is 0 Å². The smallest absolute Gasteiger partial charge is 0.124 e. The van der Waals surface area contributed by atoms with Crippen LogP contribution in [0.1, 0.15) is 105 Å². The van der Waals surface area contributed by atoms with Gasteiger partial charge in [-0.2, -0.15) is 0 Å². The highest BCUT2D eigenvalue weighted by molar-refractivity contribution is 5.15. The third kappa shape index (κ3) is 6.38. The summed E-state index contributed by atoms with van der Waals surface area (Å²) in [6.07, 6.45) is 2.95. The molecule has 0 aliphatic carbocycles. The predicted octanol–water partition coefficient (Wildman–Crippen LogP) is 2.65. The fourth-order valence-electron chi connectivity index (χ4n) is 4.23. The standard InChI is InChI=1S/C22H46O6/c1-5-9-13-20(26,14-10-6-2)22(28,16-12-8-4)21(27,15-11-7-3)19(25)18(24)17-23/h18-19,23-28H,5-17H2,1-4H3/t18-,19+,21+,22+/m0/s1. The van der Waals surface area contributed by atoms with Gasteiger partial charge in [-0.3, -0.25) is 0 Å². The normalized spacial score (nSPS) is 19.1. The Hall–Kier alpha value is -0.240. The largest absolute Gasteiger partial charge is 0.394 e. The van der Waals surface area contributed by atoms with Gasteiger partial charge >= 0.3 is 0 Å². The third-order valence-electron chi connectivity index (χ3n) is 6.22. The average molecular weight is 407 g/mol. The number of aliphatic hydroxyl groups excluding tert-OH is 3. The van der Waals surface area contributed by atoms with Crippen LogP contribution in [0.5, 0.6) is 0 Å². The van der Waals surface area contributed by atoms with Gasteiger partial charge in [-0.05, 0) is 25.7 Å². The second kappa shape index (κ2) is 13.1. The summed E-state index contributed by atoms with van der Waals surface area (Å²) in [5, 5.41) is 65.5. The van der Waals surface area contributed by atoms with E-state index in [2.05, 4.69) is 0 Å². The maximum atomic E-state index is 11.9. The van der Waals surface area contributed by atoms with E-state index in [1.807, 2.05) is 27.7 Å². The van der Waals surface area contributed by atoms with Crippen LogP contribution in [0.25, 0.3) is 0 Å². The highest BCUT2D eigenvalue weighted by Crippen LogP contribution is 2.47. The Labute approximate surface area is 171 Å². The van der Waals surface area contributed by atoms with Crippen LogP contribution in [0.15, 0.2) is 0 Å². The average Bonchev–Trinajstić information content (AvgIpc) is 2.71. The van der Waals surface area contributed by atoms with Crippen LogP contribution in [-0.2, 0) is 0 Å². The van der Waals surface area contributed by atoms with Gasteiger partial charge in [-0.1, -0.05) is 79.1 Å². The highest BCUT2D eigenvalue weighted by atomic mass is 16.4. The molecule has 0 heterocycles. The van der Waals surface area contributed by atoms with E-state index in [0.29, 0.717) is 38.5 Å². The molecule has 0 aliphatic rings. The maximum absolute atomic E-state index is 11.9. The minimum atomic E-state index is -2.13. The molecule has 0 aromatic rings. The van der Waals surface area contributed by atoms with Crippen molar-refractivity contribution in [3.8, 4) is 0 Å². The molecule has 0 saturated carbocycles. The first-order valence-corrected chi connectivity index (χ1v) is 11.3. The zero-order valence-corrected chi connectivity index (χ0v) is 18.5. The maximum Gasteiger partial charge on any atom is 0.124 e. The fraction of sp³-hybridized carbons (Fsp3) is 1.00. The van der Waals surface area contributed by atoms with Gasteiger partial charge in [-0.15, -0.1) is 0 Å². The predicted molar refractivity (Wildman–Crippen MR) is 112 cm³/mol. The van der Waals surface area contributed by atoms with Crippen molar-refractivity contribution in [2.24, 2.45) is 0 Å². The zero-order valence-electron chi connectivity index (χ0n) is 18.5. The van der Waals surface area contributed by atoms with E-state index in [0.717, 1.165) is 25.7 Å². The minimum absolute atomic E-state index is 0.0303. The molecule has 28 heavy (non-hydrogen) atoms. The first-order chi connectivity index (χ1) is 13.1. The summed E-state index contributed by atoms with van der Waals surface area (Å²) < 4.78 is 0. The fourth-order valence-corrected chi connectivity index (χ4v) is 4.23. The molecule has 0 aromatic carbocycles.